The van der Waals surface area contributed by atoms with E-state index in [0.29, 0.717) is 41.3 Å². The van der Waals surface area contributed by atoms with Crippen LogP contribution in [0.2, 0.25) is 0 Å². The van der Waals surface area contributed by atoms with E-state index < -0.39 is 0 Å². The number of hydrogen-bond donors (Lipinski definition) is 2. The van der Waals surface area contributed by atoms with Crippen LogP contribution < -0.4 is 20.1 Å². The molecule has 2 N–H and O–H groups in total. The number of nitrogens with one attached hydrogen (secondary N) is 2. The zero-order valence-corrected chi connectivity index (χ0v) is 22.6. The van der Waals surface area contributed by atoms with Gasteiger partial charge in [-0.05, 0) is 56.0 Å². The summed E-state index contributed by atoms with van der Waals surface area (Å²) in [6.07, 6.45) is 6.08. The first-order chi connectivity index (χ1) is 18.9. The molecule has 1 saturated carbocycles. The number of hydrogen-bond acceptors (Lipinski definition) is 6. The van der Waals surface area contributed by atoms with Crippen molar-refractivity contribution in [1.82, 2.24) is 4.90 Å². The summed E-state index contributed by atoms with van der Waals surface area (Å²) in [6.45, 7) is 0.261. The molecule has 0 bridgehead atoms. The molecule has 2 aromatic rings. The Morgan fingerprint density at radius 1 is 1.00 bits per heavy atom. The summed E-state index contributed by atoms with van der Waals surface area (Å²) in [5.41, 5.74) is 1.70. The third-order valence-corrected chi connectivity index (χ3v) is 8.02. The number of benzene rings is 2. The Balaban J connectivity index is 1.22. The Morgan fingerprint density at radius 3 is 2.59 bits per heavy atom. The van der Waals surface area contributed by atoms with Crippen molar-refractivity contribution in [3.63, 3.8) is 0 Å². The molecule has 2 heterocycles. The van der Waals surface area contributed by atoms with Gasteiger partial charge in [-0.15, -0.1) is 0 Å². The van der Waals surface area contributed by atoms with Crippen LogP contribution in [-0.4, -0.2) is 61.6 Å². The molecule has 9 heteroatoms. The minimum atomic E-state index is -0.360. The Kier molecular flexibility index (Phi) is 8.35. The largest absolute Gasteiger partial charge is 0.497 e. The van der Waals surface area contributed by atoms with Crippen LogP contribution in [-0.2, 0) is 14.3 Å². The van der Waals surface area contributed by atoms with Gasteiger partial charge in [-0.1, -0.05) is 25.3 Å². The van der Waals surface area contributed by atoms with E-state index in [1.165, 1.54) is 6.42 Å². The molecule has 3 aliphatic rings. The molecule has 0 radical (unpaired) electrons. The SMILES string of the molecule is COc1cccc(NC(=O)C[C@H]2CC[C@H]3[C@@H](COc4ccc(NC(=O)C5CCCCC5)cc4C(=O)N3C)O2)c1. The van der Waals surface area contributed by atoms with Crippen LogP contribution in [0.15, 0.2) is 42.5 Å². The number of likely N-dealkylation sites (N-methyl/N-ethyl adjacent to an activating group) is 1. The van der Waals surface area contributed by atoms with Crippen molar-refractivity contribution < 1.29 is 28.6 Å². The van der Waals surface area contributed by atoms with E-state index in [0.717, 1.165) is 25.7 Å². The van der Waals surface area contributed by atoms with Gasteiger partial charge >= 0.3 is 0 Å². The summed E-state index contributed by atoms with van der Waals surface area (Å²) < 4.78 is 17.6. The molecule has 2 aromatic carbocycles. The Morgan fingerprint density at radius 2 is 1.79 bits per heavy atom. The fourth-order valence-electron chi connectivity index (χ4n) is 5.83. The van der Waals surface area contributed by atoms with Gasteiger partial charge in [0.1, 0.15) is 24.2 Å². The van der Waals surface area contributed by atoms with Crippen molar-refractivity contribution in [2.24, 2.45) is 5.92 Å². The summed E-state index contributed by atoms with van der Waals surface area (Å²) in [5, 5.41) is 5.90. The van der Waals surface area contributed by atoms with E-state index in [2.05, 4.69) is 10.6 Å². The maximum absolute atomic E-state index is 13.5. The third kappa shape index (κ3) is 6.36. The van der Waals surface area contributed by atoms with Crippen LogP contribution in [0.5, 0.6) is 11.5 Å². The molecular weight excluding hydrogens is 498 g/mol. The summed E-state index contributed by atoms with van der Waals surface area (Å²) in [5.74, 6) is 0.859. The van der Waals surface area contributed by atoms with Crippen molar-refractivity contribution in [2.45, 2.75) is 69.6 Å². The van der Waals surface area contributed by atoms with Crippen LogP contribution in [0.1, 0.15) is 61.7 Å². The molecule has 1 saturated heterocycles. The Bertz CT molecular complexity index is 1210. The highest BCUT2D eigenvalue weighted by atomic mass is 16.5. The number of ether oxygens (including phenoxy) is 3. The van der Waals surface area contributed by atoms with Gasteiger partial charge in [-0.3, -0.25) is 14.4 Å². The second-order valence-electron chi connectivity index (χ2n) is 10.7. The van der Waals surface area contributed by atoms with E-state index in [1.54, 1.807) is 43.3 Å². The highest BCUT2D eigenvalue weighted by Gasteiger charge is 2.39. The van der Waals surface area contributed by atoms with Crippen molar-refractivity contribution in [2.75, 3.05) is 31.4 Å². The van der Waals surface area contributed by atoms with Gasteiger partial charge in [0, 0.05) is 30.4 Å². The maximum Gasteiger partial charge on any atom is 0.257 e. The van der Waals surface area contributed by atoms with Crippen LogP contribution in [0, 0.1) is 5.92 Å². The minimum Gasteiger partial charge on any atom is -0.497 e. The normalized spacial score (nSPS) is 23.4. The fourth-order valence-corrected chi connectivity index (χ4v) is 5.83. The van der Waals surface area contributed by atoms with Crippen LogP contribution in [0.3, 0.4) is 0 Å². The second-order valence-corrected chi connectivity index (χ2v) is 10.7. The van der Waals surface area contributed by atoms with E-state index >= 15 is 0 Å². The number of anilines is 2. The summed E-state index contributed by atoms with van der Waals surface area (Å²) >= 11 is 0. The van der Waals surface area contributed by atoms with Crippen molar-refractivity contribution in [3.05, 3.63) is 48.0 Å². The van der Waals surface area contributed by atoms with E-state index in [-0.39, 0.29) is 54.9 Å². The zero-order chi connectivity index (χ0) is 27.4. The molecule has 9 nitrogen and oxygen atoms in total. The average molecular weight is 536 g/mol. The second kappa shape index (κ2) is 12.1. The number of carbonyl (C=O) groups is 3. The average Bonchev–Trinajstić information content (AvgIpc) is 2.95. The Labute approximate surface area is 229 Å². The lowest BCUT2D eigenvalue weighted by molar-refractivity contribution is -0.130. The first kappa shape index (κ1) is 27.0. The van der Waals surface area contributed by atoms with Crippen molar-refractivity contribution >= 4 is 29.1 Å². The summed E-state index contributed by atoms with van der Waals surface area (Å²) in [6, 6.07) is 12.3. The number of methoxy groups -OCH3 is 1. The molecule has 3 atom stereocenters. The number of fused-ring (bicyclic) bond motifs is 2. The molecule has 2 aliphatic heterocycles. The number of carbonyl (C=O) groups excluding carboxylic acids is 3. The number of rotatable bonds is 6. The topological polar surface area (TPSA) is 106 Å². The minimum absolute atomic E-state index is 0.0180. The molecule has 1 aliphatic carbocycles. The molecule has 2 fully saturated rings. The molecule has 0 aromatic heterocycles. The van der Waals surface area contributed by atoms with Gasteiger partial charge < -0.3 is 29.7 Å². The maximum atomic E-state index is 13.5. The summed E-state index contributed by atoms with van der Waals surface area (Å²) in [4.78, 5) is 40.7. The lowest BCUT2D eigenvalue weighted by Crippen LogP contribution is -2.53. The molecule has 0 unspecified atom stereocenters. The molecule has 3 amide bonds. The molecule has 208 valence electrons. The Hall–Kier alpha value is -3.59. The highest BCUT2D eigenvalue weighted by Crippen LogP contribution is 2.33. The van der Waals surface area contributed by atoms with E-state index in [9.17, 15) is 14.4 Å². The number of nitrogens with zero attached hydrogens (tertiary/aromatic N) is 1. The van der Waals surface area contributed by atoms with Crippen molar-refractivity contribution in [3.8, 4) is 11.5 Å². The van der Waals surface area contributed by atoms with Gasteiger partial charge in [0.2, 0.25) is 11.8 Å². The first-order valence-electron chi connectivity index (χ1n) is 13.9. The van der Waals surface area contributed by atoms with Crippen LogP contribution in [0.25, 0.3) is 0 Å². The summed E-state index contributed by atoms with van der Waals surface area (Å²) in [7, 11) is 3.36. The van der Waals surface area contributed by atoms with Gasteiger partial charge in [0.05, 0.1) is 31.2 Å². The lowest BCUT2D eigenvalue weighted by Gasteiger charge is -2.42. The predicted octanol–water partition coefficient (Wildman–Crippen LogP) is 4.62. The van der Waals surface area contributed by atoms with Crippen LogP contribution in [0.4, 0.5) is 11.4 Å². The molecule has 5 rings (SSSR count). The molecule has 0 spiro atoms. The fraction of sp³-hybridized carbons (Fsp3) is 0.500. The standard InChI is InChI=1S/C30H37N3O6/c1-33-25-13-12-23(17-28(34)31-20-9-6-10-22(15-20)37-2)39-27(25)18-38-26-14-11-21(16-24(26)30(33)36)32-29(35)19-7-4-3-5-8-19/h6,9-11,14-16,19,23,25,27H,3-5,7-8,12-13,17-18H2,1-2H3,(H,31,34)(H,32,35)/t23-,25+,27-/m1/s1. The monoisotopic (exact) mass is 535 g/mol. The van der Waals surface area contributed by atoms with E-state index in [4.69, 9.17) is 14.2 Å². The zero-order valence-electron chi connectivity index (χ0n) is 22.6. The van der Waals surface area contributed by atoms with Gasteiger partial charge in [-0.2, -0.15) is 0 Å². The lowest BCUT2D eigenvalue weighted by atomic mass is 9.88. The van der Waals surface area contributed by atoms with Gasteiger partial charge in [-0.25, -0.2) is 0 Å². The first-order valence-corrected chi connectivity index (χ1v) is 13.9. The van der Waals surface area contributed by atoms with E-state index in [1.807, 2.05) is 18.2 Å². The quantitative estimate of drug-likeness (QED) is 0.559. The van der Waals surface area contributed by atoms with Crippen LogP contribution >= 0.6 is 0 Å². The molecule has 39 heavy (non-hydrogen) atoms. The third-order valence-electron chi connectivity index (χ3n) is 8.02. The highest BCUT2D eigenvalue weighted by molar-refractivity contribution is 6.00. The predicted molar refractivity (Wildman–Crippen MR) is 147 cm³/mol. The number of amides is 3. The smallest absolute Gasteiger partial charge is 0.257 e. The van der Waals surface area contributed by atoms with Gasteiger partial charge in [0.25, 0.3) is 5.91 Å². The van der Waals surface area contributed by atoms with Gasteiger partial charge in [0.15, 0.2) is 0 Å². The molecular formula is C30H37N3O6. The van der Waals surface area contributed by atoms with Crippen molar-refractivity contribution in [1.29, 1.82) is 0 Å².